The van der Waals surface area contributed by atoms with Crippen LogP contribution in [0.4, 0.5) is 5.69 Å². The first-order valence-electron chi connectivity index (χ1n) is 5.72. The maximum absolute atomic E-state index is 11.1. The highest BCUT2D eigenvalue weighted by Crippen LogP contribution is 2.33. The first kappa shape index (κ1) is 12.3. The number of fused-ring (bicyclic) bond motifs is 1. The Bertz CT molecular complexity index is 443. The summed E-state index contributed by atoms with van der Waals surface area (Å²) >= 11 is 1.83. The fourth-order valence-electron chi connectivity index (χ4n) is 1.87. The molecule has 17 heavy (non-hydrogen) atoms. The monoisotopic (exact) mass is 251 g/mol. The molecule has 0 amide bonds. The summed E-state index contributed by atoms with van der Waals surface area (Å²) in [5, 5.41) is 12.5. The maximum Gasteiger partial charge on any atom is 0.309 e. The molecule has 4 heteroatoms. The average Bonchev–Trinajstić information content (AvgIpc) is 2.28. The first-order chi connectivity index (χ1) is 7.99. The molecule has 0 spiro atoms. The molecule has 2 N–H and O–H groups in total. The molecule has 1 aromatic carbocycles. The molecule has 0 aliphatic carbocycles. The number of benzene rings is 1. The van der Waals surface area contributed by atoms with Gasteiger partial charge >= 0.3 is 5.97 Å². The Kier molecular flexibility index (Phi) is 3.33. The summed E-state index contributed by atoms with van der Waals surface area (Å²) in [6.45, 7) is 4.53. The smallest absolute Gasteiger partial charge is 0.309 e. The van der Waals surface area contributed by atoms with Gasteiger partial charge in [-0.25, -0.2) is 0 Å². The Morgan fingerprint density at radius 3 is 3.00 bits per heavy atom. The van der Waals surface area contributed by atoms with Gasteiger partial charge in [-0.05, 0) is 38.0 Å². The maximum atomic E-state index is 11.1. The highest BCUT2D eigenvalue weighted by Gasteiger charge is 2.27. The van der Waals surface area contributed by atoms with Crippen LogP contribution >= 0.6 is 11.8 Å². The number of aliphatic carboxylic acids is 1. The minimum absolute atomic E-state index is 0.566. The van der Waals surface area contributed by atoms with Gasteiger partial charge in [0.2, 0.25) is 0 Å². The largest absolute Gasteiger partial charge is 0.481 e. The Morgan fingerprint density at radius 2 is 2.29 bits per heavy atom. The van der Waals surface area contributed by atoms with Crippen molar-refractivity contribution in [1.29, 1.82) is 0 Å². The molecule has 0 radical (unpaired) electrons. The van der Waals surface area contributed by atoms with Crippen molar-refractivity contribution in [2.24, 2.45) is 5.41 Å². The van der Waals surface area contributed by atoms with E-state index in [0.717, 1.165) is 23.5 Å². The van der Waals surface area contributed by atoms with Gasteiger partial charge in [0.15, 0.2) is 0 Å². The van der Waals surface area contributed by atoms with E-state index < -0.39 is 11.4 Å². The van der Waals surface area contributed by atoms with Crippen molar-refractivity contribution in [2.45, 2.75) is 25.2 Å². The van der Waals surface area contributed by atoms with Crippen LogP contribution < -0.4 is 5.32 Å². The van der Waals surface area contributed by atoms with Crippen molar-refractivity contribution in [2.75, 3.05) is 17.6 Å². The minimum Gasteiger partial charge on any atom is -0.481 e. The molecule has 0 aromatic heterocycles. The van der Waals surface area contributed by atoms with Crippen LogP contribution in [-0.2, 0) is 11.2 Å². The minimum atomic E-state index is -0.749. The molecule has 1 heterocycles. The van der Waals surface area contributed by atoms with Crippen LogP contribution in [0.2, 0.25) is 0 Å². The van der Waals surface area contributed by atoms with E-state index in [1.54, 1.807) is 13.8 Å². The van der Waals surface area contributed by atoms with E-state index in [4.69, 9.17) is 5.11 Å². The van der Waals surface area contributed by atoms with Gasteiger partial charge in [0.05, 0.1) is 5.41 Å². The van der Waals surface area contributed by atoms with Gasteiger partial charge in [-0.15, -0.1) is 11.8 Å². The molecule has 0 unspecified atom stereocenters. The van der Waals surface area contributed by atoms with Gasteiger partial charge in [-0.3, -0.25) is 4.79 Å². The quantitative estimate of drug-likeness (QED) is 0.867. The van der Waals surface area contributed by atoms with Crippen molar-refractivity contribution < 1.29 is 9.90 Å². The van der Waals surface area contributed by atoms with Gasteiger partial charge in [0.1, 0.15) is 0 Å². The molecule has 3 nitrogen and oxygen atoms in total. The average molecular weight is 251 g/mol. The molecule has 0 atom stereocenters. The van der Waals surface area contributed by atoms with Crippen molar-refractivity contribution in [3.8, 4) is 0 Å². The lowest BCUT2D eigenvalue weighted by molar-refractivity contribution is -0.146. The molecule has 2 rings (SSSR count). The van der Waals surface area contributed by atoms with E-state index >= 15 is 0 Å². The van der Waals surface area contributed by atoms with Crippen molar-refractivity contribution in [3.05, 3.63) is 23.8 Å². The zero-order chi connectivity index (χ0) is 12.5. The highest BCUT2D eigenvalue weighted by atomic mass is 32.2. The van der Waals surface area contributed by atoms with Gasteiger partial charge in [-0.1, -0.05) is 6.07 Å². The van der Waals surface area contributed by atoms with Crippen LogP contribution in [0.1, 0.15) is 19.4 Å². The summed E-state index contributed by atoms with van der Waals surface area (Å²) in [5.74, 6) is 0.319. The molecule has 0 fully saturated rings. The number of hydrogen-bond donors (Lipinski definition) is 2. The topological polar surface area (TPSA) is 49.3 Å². The third kappa shape index (κ3) is 2.75. The predicted octanol–water partition coefficient (Wildman–Crippen LogP) is 2.86. The Balaban J connectivity index is 2.20. The number of anilines is 1. The van der Waals surface area contributed by atoms with Gasteiger partial charge < -0.3 is 10.4 Å². The van der Waals surface area contributed by atoms with Crippen LogP contribution in [0.3, 0.4) is 0 Å². The lowest BCUT2D eigenvalue weighted by Gasteiger charge is -2.22. The number of thioether (sulfide) groups is 1. The van der Waals surface area contributed by atoms with E-state index in [0.29, 0.717) is 6.42 Å². The summed E-state index contributed by atoms with van der Waals surface area (Å²) in [6.07, 6.45) is 0.566. The Hall–Kier alpha value is -1.16. The van der Waals surface area contributed by atoms with Crippen LogP contribution in [0.5, 0.6) is 0 Å². The van der Waals surface area contributed by atoms with E-state index in [-0.39, 0.29) is 0 Å². The second-order valence-corrected chi connectivity index (χ2v) is 6.11. The van der Waals surface area contributed by atoms with E-state index in [1.807, 2.05) is 17.8 Å². The van der Waals surface area contributed by atoms with Gasteiger partial charge in [-0.2, -0.15) is 0 Å². The number of carbonyl (C=O) groups is 1. The number of carboxylic acids is 1. The third-order valence-corrected chi connectivity index (χ3v) is 4.00. The fourth-order valence-corrected chi connectivity index (χ4v) is 2.83. The summed E-state index contributed by atoms with van der Waals surface area (Å²) in [4.78, 5) is 12.3. The lowest BCUT2D eigenvalue weighted by atomic mass is 9.86. The third-order valence-electron chi connectivity index (χ3n) is 2.95. The normalized spacial score (nSPS) is 14.9. The lowest BCUT2D eigenvalue weighted by Crippen LogP contribution is -2.26. The molecule has 1 aromatic rings. The van der Waals surface area contributed by atoms with E-state index in [9.17, 15) is 4.79 Å². The molecule has 0 saturated carbocycles. The zero-order valence-electron chi connectivity index (χ0n) is 10.1. The summed E-state index contributed by atoms with van der Waals surface area (Å²) < 4.78 is 0. The molecule has 1 aliphatic heterocycles. The molecular weight excluding hydrogens is 234 g/mol. The standard InChI is InChI=1S/C13H17NO2S/c1-13(2,12(15)16)8-9-3-4-10-11(7-9)17-6-5-14-10/h3-4,7,14H,5-6,8H2,1-2H3,(H,15,16). The van der Waals surface area contributed by atoms with Crippen LogP contribution in [0.15, 0.2) is 23.1 Å². The zero-order valence-corrected chi connectivity index (χ0v) is 10.9. The van der Waals surface area contributed by atoms with Crippen molar-refractivity contribution >= 4 is 23.4 Å². The van der Waals surface area contributed by atoms with Gasteiger partial charge in [0, 0.05) is 22.9 Å². The Morgan fingerprint density at radius 1 is 1.53 bits per heavy atom. The van der Waals surface area contributed by atoms with Crippen molar-refractivity contribution in [1.82, 2.24) is 0 Å². The van der Waals surface area contributed by atoms with Crippen LogP contribution in [0, 0.1) is 5.41 Å². The SMILES string of the molecule is CC(C)(Cc1ccc2c(c1)SCCN2)C(=O)O. The second-order valence-electron chi connectivity index (χ2n) is 4.97. The van der Waals surface area contributed by atoms with Crippen molar-refractivity contribution in [3.63, 3.8) is 0 Å². The van der Waals surface area contributed by atoms with Crippen LogP contribution in [-0.4, -0.2) is 23.4 Å². The number of nitrogens with one attached hydrogen (secondary N) is 1. The summed E-state index contributed by atoms with van der Waals surface area (Å²) in [7, 11) is 0. The van der Waals surface area contributed by atoms with Crippen LogP contribution in [0.25, 0.3) is 0 Å². The molecular formula is C13H17NO2S. The van der Waals surface area contributed by atoms with Gasteiger partial charge in [0.25, 0.3) is 0 Å². The molecule has 1 aliphatic rings. The number of hydrogen-bond acceptors (Lipinski definition) is 3. The number of rotatable bonds is 3. The molecule has 0 saturated heterocycles. The number of carboxylic acid groups (broad SMARTS) is 1. The van der Waals surface area contributed by atoms with E-state index in [1.165, 1.54) is 4.90 Å². The fraction of sp³-hybridized carbons (Fsp3) is 0.462. The molecule has 0 bridgehead atoms. The predicted molar refractivity (Wildman–Crippen MR) is 70.8 cm³/mol. The van der Waals surface area contributed by atoms with E-state index in [2.05, 4.69) is 17.4 Å². The first-order valence-corrected chi connectivity index (χ1v) is 6.70. The Labute approximate surface area is 106 Å². The molecule has 92 valence electrons. The second kappa shape index (κ2) is 4.61. The highest BCUT2D eigenvalue weighted by molar-refractivity contribution is 7.99. The summed E-state index contributed by atoms with van der Waals surface area (Å²) in [6, 6.07) is 6.17. The summed E-state index contributed by atoms with van der Waals surface area (Å²) in [5.41, 5.74) is 1.55.